The lowest BCUT2D eigenvalue weighted by Crippen LogP contribution is -2.11. The summed E-state index contributed by atoms with van der Waals surface area (Å²) >= 11 is 0. The Balaban J connectivity index is 2.64. The summed E-state index contributed by atoms with van der Waals surface area (Å²) in [5.41, 5.74) is 7.54. The van der Waals surface area contributed by atoms with Crippen molar-refractivity contribution in [3.8, 4) is 5.75 Å². The normalized spacial score (nSPS) is 20.4. The molecule has 1 heterocycles. The third-order valence-electron chi connectivity index (χ3n) is 2.14. The Kier molecular flexibility index (Phi) is 1.54. The highest BCUT2D eigenvalue weighted by molar-refractivity contribution is 5.45. The fourth-order valence-electron chi connectivity index (χ4n) is 1.54. The summed E-state index contributed by atoms with van der Waals surface area (Å²) in [4.78, 5) is 0. The maximum Gasteiger partial charge on any atom is 0.165 e. The first kappa shape index (κ1) is 7.55. The summed E-state index contributed by atoms with van der Waals surface area (Å²) in [7, 11) is 0. The van der Waals surface area contributed by atoms with E-state index in [2.05, 4.69) is 0 Å². The number of ether oxygens (including phenoxy) is 1. The molecule has 0 fully saturated rings. The third kappa shape index (κ3) is 0.898. The Morgan fingerprint density at radius 2 is 2.33 bits per heavy atom. The molecule has 0 amide bonds. The first-order chi connectivity index (χ1) is 5.70. The molecule has 1 aliphatic heterocycles. The van der Waals surface area contributed by atoms with Crippen LogP contribution >= 0.6 is 0 Å². The Hall–Kier alpha value is -1.09. The molecule has 0 bridgehead atoms. The fraction of sp³-hybridized carbons (Fsp3) is 0.333. The largest absolute Gasteiger partial charge is 0.488 e. The van der Waals surface area contributed by atoms with Crippen LogP contribution in [-0.4, -0.2) is 6.61 Å². The van der Waals surface area contributed by atoms with E-state index in [1.807, 2.05) is 6.92 Å². The summed E-state index contributed by atoms with van der Waals surface area (Å²) < 4.78 is 18.2. The molecule has 0 aromatic heterocycles. The number of hydrogen-bond acceptors (Lipinski definition) is 2. The fourth-order valence-corrected chi connectivity index (χ4v) is 1.54. The van der Waals surface area contributed by atoms with Crippen LogP contribution in [0.25, 0.3) is 0 Å². The lowest BCUT2D eigenvalue weighted by Gasteiger charge is -2.04. The molecule has 0 spiro atoms. The van der Waals surface area contributed by atoms with Gasteiger partial charge in [-0.05, 0) is 18.6 Å². The van der Waals surface area contributed by atoms with Gasteiger partial charge in [0.2, 0.25) is 0 Å². The second-order valence-electron chi connectivity index (χ2n) is 3.02. The summed E-state index contributed by atoms with van der Waals surface area (Å²) in [5.74, 6) is 0.0195. The average Bonchev–Trinajstić information content (AvgIpc) is 2.42. The maximum atomic E-state index is 13.1. The minimum absolute atomic E-state index is 0.171. The van der Waals surface area contributed by atoms with E-state index in [4.69, 9.17) is 10.5 Å². The van der Waals surface area contributed by atoms with Gasteiger partial charge in [0.05, 0.1) is 6.04 Å². The average molecular weight is 167 g/mol. The highest BCUT2D eigenvalue weighted by Crippen LogP contribution is 2.35. The Labute approximate surface area is 70.1 Å². The minimum atomic E-state index is -0.316. The van der Waals surface area contributed by atoms with Crippen LogP contribution in [0.3, 0.4) is 0 Å². The molecule has 2 nitrogen and oxygen atoms in total. The second kappa shape index (κ2) is 2.45. The molecule has 2 N–H and O–H groups in total. The Morgan fingerprint density at radius 1 is 1.58 bits per heavy atom. The van der Waals surface area contributed by atoms with Crippen molar-refractivity contribution >= 4 is 0 Å². The zero-order valence-electron chi connectivity index (χ0n) is 6.80. The lowest BCUT2D eigenvalue weighted by atomic mass is 10.0. The van der Waals surface area contributed by atoms with Crippen molar-refractivity contribution in [2.24, 2.45) is 5.73 Å². The SMILES string of the molecule is Cc1ccc(F)c2c1C(N)CO2. The molecule has 0 saturated carbocycles. The van der Waals surface area contributed by atoms with Gasteiger partial charge in [0, 0.05) is 5.56 Å². The molecule has 1 aromatic carbocycles. The predicted octanol–water partition coefficient (Wildman–Crippen LogP) is 1.53. The van der Waals surface area contributed by atoms with Crippen molar-refractivity contribution in [1.29, 1.82) is 0 Å². The number of benzene rings is 1. The van der Waals surface area contributed by atoms with E-state index < -0.39 is 0 Å². The molecule has 1 aliphatic rings. The molecule has 1 aromatic rings. The quantitative estimate of drug-likeness (QED) is 0.636. The van der Waals surface area contributed by atoms with Crippen molar-refractivity contribution in [1.82, 2.24) is 0 Å². The highest BCUT2D eigenvalue weighted by atomic mass is 19.1. The van der Waals surface area contributed by atoms with E-state index in [9.17, 15) is 4.39 Å². The van der Waals surface area contributed by atoms with Gasteiger partial charge in [0.25, 0.3) is 0 Å². The molecule has 0 radical (unpaired) electrons. The van der Waals surface area contributed by atoms with Crippen LogP contribution in [0.1, 0.15) is 17.2 Å². The van der Waals surface area contributed by atoms with E-state index in [-0.39, 0.29) is 11.9 Å². The smallest absolute Gasteiger partial charge is 0.165 e. The molecule has 0 aliphatic carbocycles. The first-order valence-electron chi connectivity index (χ1n) is 3.87. The van der Waals surface area contributed by atoms with Gasteiger partial charge in [-0.15, -0.1) is 0 Å². The van der Waals surface area contributed by atoms with Crippen LogP contribution in [0.5, 0.6) is 5.75 Å². The number of rotatable bonds is 0. The number of fused-ring (bicyclic) bond motifs is 1. The predicted molar refractivity (Wildman–Crippen MR) is 43.6 cm³/mol. The van der Waals surface area contributed by atoms with Crippen LogP contribution in [0, 0.1) is 12.7 Å². The standard InChI is InChI=1S/C9H10FNO/c1-5-2-3-6(10)9-8(5)7(11)4-12-9/h2-3,7H,4,11H2,1H3. The van der Waals surface area contributed by atoms with E-state index in [1.165, 1.54) is 6.07 Å². The summed E-state index contributed by atoms with van der Waals surface area (Å²) in [6.45, 7) is 2.30. The van der Waals surface area contributed by atoms with Gasteiger partial charge in [0.1, 0.15) is 6.61 Å². The summed E-state index contributed by atoms with van der Waals surface area (Å²) in [6.07, 6.45) is 0. The van der Waals surface area contributed by atoms with Gasteiger partial charge in [0.15, 0.2) is 11.6 Å². The van der Waals surface area contributed by atoms with Crippen LogP contribution in [-0.2, 0) is 0 Å². The molecule has 64 valence electrons. The molecule has 0 saturated heterocycles. The zero-order chi connectivity index (χ0) is 8.72. The van der Waals surface area contributed by atoms with Gasteiger partial charge in [-0.1, -0.05) is 6.07 Å². The number of aryl methyl sites for hydroxylation is 1. The Bertz CT molecular complexity index is 325. The van der Waals surface area contributed by atoms with E-state index in [0.717, 1.165) is 11.1 Å². The van der Waals surface area contributed by atoms with E-state index >= 15 is 0 Å². The number of halogens is 1. The monoisotopic (exact) mass is 167 g/mol. The molecule has 3 heteroatoms. The van der Waals surface area contributed by atoms with Crippen LogP contribution in [0.2, 0.25) is 0 Å². The molecule has 12 heavy (non-hydrogen) atoms. The van der Waals surface area contributed by atoms with Gasteiger partial charge < -0.3 is 10.5 Å². The van der Waals surface area contributed by atoms with Gasteiger partial charge in [-0.3, -0.25) is 0 Å². The highest BCUT2D eigenvalue weighted by Gasteiger charge is 2.25. The summed E-state index contributed by atoms with van der Waals surface area (Å²) in [5, 5.41) is 0. The molecule has 1 unspecified atom stereocenters. The van der Waals surface area contributed by atoms with Crippen molar-refractivity contribution in [3.05, 3.63) is 29.1 Å². The molecular weight excluding hydrogens is 157 g/mol. The topological polar surface area (TPSA) is 35.2 Å². The van der Waals surface area contributed by atoms with E-state index in [1.54, 1.807) is 6.07 Å². The Morgan fingerprint density at radius 3 is 3.00 bits per heavy atom. The first-order valence-corrected chi connectivity index (χ1v) is 3.87. The van der Waals surface area contributed by atoms with Crippen LogP contribution in [0.4, 0.5) is 4.39 Å². The van der Waals surface area contributed by atoms with Gasteiger partial charge >= 0.3 is 0 Å². The molecular formula is C9H10FNO. The van der Waals surface area contributed by atoms with Crippen molar-refractivity contribution in [2.45, 2.75) is 13.0 Å². The minimum Gasteiger partial charge on any atom is -0.488 e. The van der Waals surface area contributed by atoms with E-state index in [0.29, 0.717) is 12.4 Å². The van der Waals surface area contributed by atoms with Crippen molar-refractivity contribution in [3.63, 3.8) is 0 Å². The maximum absolute atomic E-state index is 13.1. The second-order valence-corrected chi connectivity index (χ2v) is 3.02. The van der Waals surface area contributed by atoms with Crippen molar-refractivity contribution in [2.75, 3.05) is 6.61 Å². The number of hydrogen-bond donors (Lipinski definition) is 1. The number of nitrogens with two attached hydrogens (primary N) is 1. The summed E-state index contributed by atoms with van der Waals surface area (Å²) in [6, 6.07) is 2.96. The van der Waals surface area contributed by atoms with Crippen molar-refractivity contribution < 1.29 is 9.13 Å². The lowest BCUT2D eigenvalue weighted by molar-refractivity contribution is 0.319. The molecule has 2 rings (SSSR count). The van der Waals surface area contributed by atoms with Crippen LogP contribution in [0.15, 0.2) is 12.1 Å². The third-order valence-corrected chi connectivity index (χ3v) is 2.14. The van der Waals surface area contributed by atoms with Gasteiger partial charge in [-0.2, -0.15) is 0 Å². The zero-order valence-corrected chi connectivity index (χ0v) is 6.80. The molecule has 1 atom stereocenters. The van der Waals surface area contributed by atoms with Gasteiger partial charge in [-0.25, -0.2) is 4.39 Å². The van der Waals surface area contributed by atoms with Crippen LogP contribution < -0.4 is 10.5 Å².